The van der Waals surface area contributed by atoms with Crippen molar-refractivity contribution in [1.29, 1.82) is 0 Å². The minimum Gasteiger partial charge on any atom is -0.462 e. The minimum atomic E-state index is -4.38. The Hall–Kier alpha value is -2.42. The molecule has 2 aliphatic rings. The molecular weight excluding hydrogens is 417 g/mol. The average Bonchev–Trinajstić information content (AvgIpc) is 3.60. The fourth-order valence-corrected chi connectivity index (χ4v) is 4.61. The number of carbonyl (C=O) groups excluding carboxylic acids is 2. The predicted molar refractivity (Wildman–Crippen MR) is 106 cm³/mol. The summed E-state index contributed by atoms with van der Waals surface area (Å²) in [7, 11) is 0. The van der Waals surface area contributed by atoms with Crippen molar-refractivity contribution >= 4 is 28.3 Å². The zero-order chi connectivity index (χ0) is 21.6. The summed E-state index contributed by atoms with van der Waals surface area (Å²) in [5.74, 6) is -0.897. The molecule has 2 fully saturated rings. The van der Waals surface area contributed by atoms with Gasteiger partial charge in [0.2, 0.25) is 5.91 Å². The Labute approximate surface area is 175 Å². The lowest BCUT2D eigenvalue weighted by Gasteiger charge is -2.19. The van der Waals surface area contributed by atoms with E-state index < -0.39 is 17.7 Å². The maximum absolute atomic E-state index is 13.2. The molecule has 0 radical (unpaired) electrons. The lowest BCUT2D eigenvalue weighted by atomic mass is 10.1. The molecule has 5 nitrogen and oxygen atoms in total. The number of esters is 1. The van der Waals surface area contributed by atoms with Gasteiger partial charge in [0.05, 0.1) is 17.9 Å². The second-order valence-electron chi connectivity index (χ2n) is 7.64. The monoisotopic (exact) mass is 438 g/mol. The van der Waals surface area contributed by atoms with Crippen molar-refractivity contribution in [3.63, 3.8) is 0 Å². The quantitative estimate of drug-likeness (QED) is 0.599. The normalized spacial score (nSPS) is 20.7. The van der Waals surface area contributed by atoms with Crippen molar-refractivity contribution in [2.24, 2.45) is 5.92 Å². The van der Waals surface area contributed by atoms with Crippen LogP contribution >= 0.6 is 11.3 Å². The minimum absolute atomic E-state index is 0.0620. The fraction of sp³-hybridized carbons (Fsp3) is 0.476. The number of hydrogen-bond acceptors (Lipinski definition) is 5. The van der Waals surface area contributed by atoms with Gasteiger partial charge >= 0.3 is 12.1 Å². The zero-order valence-electron chi connectivity index (χ0n) is 16.5. The molecule has 0 saturated heterocycles. The van der Waals surface area contributed by atoms with Crippen molar-refractivity contribution in [1.82, 2.24) is 4.98 Å². The third-order valence-corrected chi connectivity index (χ3v) is 6.51. The van der Waals surface area contributed by atoms with Crippen molar-refractivity contribution in [2.45, 2.75) is 51.2 Å². The number of aromatic nitrogens is 1. The van der Waals surface area contributed by atoms with Crippen molar-refractivity contribution in [2.75, 3.05) is 11.5 Å². The molecule has 1 aromatic carbocycles. The number of rotatable bonds is 6. The molecule has 0 bridgehead atoms. The molecule has 160 valence electrons. The molecule has 0 aliphatic heterocycles. The molecule has 9 heteroatoms. The van der Waals surface area contributed by atoms with Gasteiger partial charge in [-0.1, -0.05) is 23.5 Å². The van der Waals surface area contributed by atoms with Gasteiger partial charge in [-0.2, -0.15) is 13.2 Å². The lowest BCUT2D eigenvalue weighted by Crippen LogP contribution is -2.34. The molecule has 1 amide bonds. The molecule has 1 heterocycles. The van der Waals surface area contributed by atoms with Crippen LogP contribution in [-0.2, 0) is 15.7 Å². The first-order valence-electron chi connectivity index (χ1n) is 9.85. The highest BCUT2D eigenvalue weighted by Crippen LogP contribution is 2.51. The van der Waals surface area contributed by atoms with Gasteiger partial charge in [-0.15, -0.1) is 0 Å². The van der Waals surface area contributed by atoms with Crippen LogP contribution in [0.3, 0.4) is 0 Å². The Bertz CT molecular complexity index is 967. The summed E-state index contributed by atoms with van der Waals surface area (Å²) in [4.78, 5) is 31.8. The summed E-state index contributed by atoms with van der Waals surface area (Å²) in [6, 6.07) is 5.09. The first kappa shape index (κ1) is 20.8. The van der Waals surface area contributed by atoms with Gasteiger partial charge in [0.15, 0.2) is 5.13 Å². The standard InChI is InChI=1S/C21H21F3N2O3S/c1-3-29-19(28)17-11(2)25-20(30-17)26(14-8-9-14)18(27)16-10-15(16)12-4-6-13(7-5-12)21(22,23)24/h4-7,14-16H,3,8-10H2,1-2H3. The number of alkyl halides is 3. The second kappa shape index (κ2) is 7.68. The lowest BCUT2D eigenvalue weighted by molar-refractivity contribution is -0.137. The number of halogens is 3. The van der Waals surface area contributed by atoms with Gasteiger partial charge in [-0.25, -0.2) is 9.78 Å². The van der Waals surface area contributed by atoms with E-state index in [1.165, 1.54) is 12.1 Å². The van der Waals surface area contributed by atoms with Gasteiger partial charge < -0.3 is 4.74 Å². The highest BCUT2D eigenvalue weighted by atomic mass is 32.1. The first-order valence-corrected chi connectivity index (χ1v) is 10.7. The SMILES string of the molecule is CCOC(=O)c1sc(N(C(=O)C2CC2c2ccc(C(F)(F)F)cc2)C2CC2)nc1C. The summed E-state index contributed by atoms with van der Waals surface area (Å²) in [5.41, 5.74) is 0.570. The number of thiazole rings is 1. The number of ether oxygens (including phenoxy) is 1. The van der Waals surface area contributed by atoms with E-state index in [-0.39, 0.29) is 30.4 Å². The molecule has 2 aliphatic carbocycles. The van der Waals surface area contributed by atoms with Crippen LogP contribution in [0.15, 0.2) is 24.3 Å². The molecular formula is C21H21F3N2O3S. The van der Waals surface area contributed by atoms with Gasteiger partial charge in [-0.05, 0) is 56.7 Å². The molecule has 0 spiro atoms. The number of aryl methyl sites for hydroxylation is 1. The highest BCUT2D eigenvalue weighted by molar-refractivity contribution is 7.17. The maximum atomic E-state index is 13.2. The average molecular weight is 438 g/mol. The summed E-state index contributed by atoms with van der Waals surface area (Å²) < 4.78 is 43.4. The fourth-order valence-electron chi connectivity index (χ4n) is 3.57. The number of nitrogens with zero attached hydrogens (tertiary/aromatic N) is 2. The van der Waals surface area contributed by atoms with Crippen molar-refractivity contribution < 1.29 is 27.5 Å². The number of anilines is 1. The zero-order valence-corrected chi connectivity index (χ0v) is 17.3. The third-order valence-electron chi connectivity index (χ3n) is 5.38. The summed E-state index contributed by atoms with van der Waals surface area (Å²) in [6.45, 7) is 3.70. The van der Waals surface area contributed by atoms with Crippen LogP contribution in [0.1, 0.15) is 58.6 Å². The Morgan fingerprint density at radius 2 is 1.90 bits per heavy atom. The van der Waals surface area contributed by atoms with E-state index in [1.54, 1.807) is 18.7 Å². The van der Waals surface area contributed by atoms with Crippen LogP contribution in [0.25, 0.3) is 0 Å². The summed E-state index contributed by atoms with van der Waals surface area (Å²) in [6.07, 6.45) is -2.03. The van der Waals surface area contributed by atoms with E-state index in [4.69, 9.17) is 4.74 Å². The van der Waals surface area contributed by atoms with Crippen molar-refractivity contribution in [3.05, 3.63) is 46.0 Å². The number of benzene rings is 1. The van der Waals surface area contributed by atoms with E-state index in [2.05, 4.69) is 4.98 Å². The Morgan fingerprint density at radius 3 is 2.47 bits per heavy atom. The van der Waals surface area contributed by atoms with Crippen LogP contribution in [0.4, 0.5) is 18.3 Å². The molecule has 2 atom stereocenters. The van der Waals surface area contributed by atoms with Crippen molar-refractivity contribution in [3.8, 4) is 0 Å². The molecule has 2 aromatic rings. The number of carbonyl (C=O) groups is 2. The Balaban J connectivity index is 1.51. The molecule has 1 aromatic heterocycles. The van der Waals surface area contributed by atoms with Gasteiger partial charge in [0, 0.05) is 12.0 Å². The molecule has 30 heavy (non-hydrogen) atoms. The number of amides is 1. The maximum Gasteiger partial charge on any atom is 0.416 e. The Kier molecular flexibility index (Phi) is 5.34. The topological polar surface area (TPSA) is 59.5 Å². The smallest absolute Gasteiger partial charge is 0.416 e. The molecule has 0 N–H and O–H groups in total. The van der Waals surface area contributed by atoms with E-state index in [1.807, 2.05) is 0 Å². The summed E-state index contributed by atoms with van der Waals surface area (Å²) in [5, 5.41) is 0.487. The second-order valence-corrected chi connectivity index (χ2v) is 8.62. The Morgan fingerprint density at radius 1 is 1.23 bits per heavy atom. The molecule has 4 rings (SSSR count). The largest absolute Gasteiger partial charge is 0.462 e. The molecule has 2 saturated carbocycles. The van der Waals surface area contributed by atoms with E-state index in [9.17, 15) is 22.8 Å². The van der Waals surface area contributed by atoms with Crippen LogP contribution in [0.5, 0.6) is 0 Å². The van der Waals surface area contributed by atoms with Crippen LogP contribution in [-0.4, -0.2) is 29.5 Å². The summed E-state index contributed by atoms with van der Waals surface area (Å²) >= 11 is 1.15. The van der Waals surface area contributed by atoms with Gasteiger partial charge in [0.1, 0.15) is 4.88 Å². The van der Waals surface area contributed by atoms with Crippen LogP contribution in [0.2, 0.25) is 0 Å². The molecule has 2 unspecified atom stereocenters. The first-order chi connectivity index (χ1) is 14.2. The third kappa shape index (κ3) is 4.08. The number of hydrogen-bond donors (Lipinski definition) is 0. The van der Waals surface area contributed by atoms with E-state index >= 15 is 0 Å². The van der Waals surface area contributed by atoms with Gasteiger partial charge in [-0.3, -0.25) is 9.69 Å². The van der Waals surface area contributed by atoms with E-state index in [0.29, 0.717) is 22.1 Å². The highest BCUT2D eigenvalue weighted by Gasteiger charge is 2.49. The predicted octanol–water partition coefficient (Wildman–Crippen LogP) is 4.95. The van der Waals surface area contributed by atoms with Crippen LogP contribution < -0.4 is 4.90 Å². The van der Waals surface area contributed by atoms with Gasteiger partial charge in [0.25, 0.3) is 0 Å². The van der Waals surface area contributed by atoms with Crippen LogP contribution in [0, 0.1) is 12.8 Å². The van der Waals surface area contributed by atoms with E-state index in [0.717, 1.165) is 41.9 Å².